The SMILES string of the molecule is CC.CC(C)C(C(=O)O)C(=O)O.[BaH2]. The van der Waals surface area contributed by atoms with E-state index in [0.717, 1.165) is 0 Å². The van der Waals surface area contributed by atoms with Crippen LogP contribution in [0.2, 0.25) is 0 Å². The summed E-state index contributed by atoms with van der Waals surface area (Å²) in [6.45, 7) is 7.12. The molecule has 0 amide bonds. The van der Waals surface area contributed by atoms with Gasteiger partial charge in [-0.1, -0.05) is 27.7 Å². The van der Waals surface area contributed by atoms with Gasteiger partial charge in [-0.15, -0.1) is 0 Å². The summed E-state index contributed by atoms with van der Waals surface area (Å²) in [6.07, 6.45) is 0. The Labute approximate surface area is 119 Å². The zero-order valence-electron chi connectivity index (χ0n) is 7.87. The minimum atomic E-state index is -1.28. The third-order valence-electron chi connectivity index (χ3n) is 1.20. The molecule has 0 radical (unpaired) electrons. The van der Waals surface area contributed by atoms with Gasteiger partial charge in [0.2, 0.25) is 0 Å². The molecule has 2 N–H and O–H groups in total. The van der Waals surface area contributed by atoms with E-state index in [1.807, 2.05) is 13.8 Å². The molecular formula is C8H18BaO4. The Kier molecular flexibility index (Phi) is 15.6. The maximum atomic E-state index is 10.2. The molecule has 0 fully saturated rings. The van der Waals surface area contributed by atoms with E-state index < -0.39 is 17.9 Å². The summed E-state index contributed by atoms with van der Waals surface area (Å²) in [5, 5.41) is 16.7. The van der Waals surface area contributed by atoms with Crippen molar-refractivity contribution in [3.05, 3.63) is 0 Å². The third kappa shape index (κ3) is 8.83. The van der Waals surface area contributed by atoms with Gasteiger partial charge in [0.15, 0.2) is 5.92 Å². The predicted octanol–water partition coefficient (Wildman–Crippen LogP) is 0.538. The second-order valence-electron chi connectivity index (χ2n) is 2.40. The topological polar surface area (TPSA) is 74.6 Å². The molecule has 0 aromatic rings. The molecule has 0 atom stereocenters. The molecule has 13 heavy (non-hydrogen) atoms. The van der Waals surface area contributed by atoms with E-state index in [1.54, 1.807) is 13.8 Å². The van der Waals surface area contributed by atoms with Crippen molar-refractivity contribution in [1.82, 2.24) is 0 Å². The summed E-state index contributed by atoms with van der Waals surface area (Å²) < 4.78 is 0. The van der Waals surface area contributed by atoms with Gasteiger partial charge in [-0.05, 0) is 5.92 Å². The third-order valence-corrected chi connectivity index (χ3v) is 1.20. The average Bonchev–Trinajstić information content (AvgIpc) is 1.88. The van der Waals surface area contributed by atoms with Gasteiger partial charge in [-0.2, -0.15) is 0 Å². The molecule has 0 aliphatic heterocycles. The summed E-state index contributed by atoms with van der Waals surface area (Å²) in [5.41, 5.74) is 0. The molecular weight excluding hydrogens is 297 g/mol. The van der Waals surface area contributed by atoms with Crippen LogP contribution in [0, 0.1) is 11.8 Å². The molecule has 0 aromatic heterocycles. The summed E-state index contributed by atoms with van der Waals surface area (Å²) in [5.74, 6) is -4.19. The Morgan fingerprint density at radius 2 is 1.23 bits per heavy atom. The van der Waals surface area contributed by atoms with Crippen LogP contribution in [0.3, 0.4) is 0 Å². The Morgan fingerprint density at radius 3 is 1.23 bits per heavy atom. The molecule has 0 spiro atoms. The fourth-order valence-corrected chi connectivity index (χ4v) is 0.676. The zero-order valence-corrected chi connectivity index (χ0v) is 7.87. The molecule has 0 saturated carbocycles. The van der Waals surface area contributed by atoms with Gasteiger partial charge in [0, 0.05) is 0 Å². The molecule has 0 unspecified atom stereocenters. The molecule has 0 aromatic carbocycles. The van der Waals surface area contributed by atoms with E-state index in [0.29, 0.717) is 0 Å². The molecule has 0 aliphatic rings. The predicted molar refractivity (Wildman–Crippen MR) is 53.5 cm³/mol. The van der Waals surface area contributed by atoms with Crippen LogP contribution < -0.4 is 0 Å². The summed E-state index contributed by atoms with van der Waals surface area (Å²) >= 11 is 0. The Bertz CT molecular complexity index is 142. The zero-order chi connectivity index (χ0) is 10.3. The van der Waals surface area contributed by atoms with Crippen LogP contribution in [0.15, 0.2) is 0 Å². The monoisotopic (exact) mass is 316 g/mol. The number of carbonyl (C=O) groups is 2. The van der Waals surface area contributed by atoms with Crippen molar-refractivity contribution in [2.75, 3.05) is 0 Å². The number of carboxylic acids is 2. The van der Waals surface area contributed by atoms with Gasteiger partial charge in [0.05, 0.1) is 0 Å². The number of rotatable bonds is 3. The van der Waals surface area contributed by atoms with E-state index in [1.165, 1.54) is 0 Å². The summed E-state index contributed by atoms with van der Waals surface area (Å²) in [7, 11) is 0. The molecule has 76 valence electrons. The van der Waals surface area contributed by atoms with E-state index >= 15 is 0 Å². The van der Waals surface area contributed by atoms with Gasteiger partial charge in [-0.3, -0.25) is 9.59 Å². The van der Waals surface area contributed by atoms with Gasteiger partial charge in [0.25, 0.3) is 0 Å². The number of hydrogen-bond donors (Lipinski definition) is 2. The molecule has 0 bridgehead atoms. The van der Waals surface area contributed by atoms with Crippen LogP contribution in [0.1, 0.15) is 27.7 Å². The maximum absolute atomic E-state index is 10.2. The quantitative estimate of drug-likeness (QED) is 0.589. The second-order valence-corrected chi connectivity index (χ2v) is 2.40. The molecule has 0 rings (SSSR count). The van der Waals surface area contributed by atoms with E-state index in [4.69, 9.17) is 10.2 Å². The Balaban J connectivity index is -0.000000309. The molecule has 4 nitrogen and oxygen atoms in total. The Morgan fingerprint density at radius 1 is 1.00 bits per heavy atom. The number of aliphatic carboxylic acids is 2. The van der Waals surface area contributed by atoms with Crippen LogP contribution in [-0.2, 0) is 9.59 Å². The van der Waals surface area contributed by atoms with Crippen molar-refractivity contribution in [3.8, 4) is 0 Å². The molecule has 5 heteroatoms. The molecule has 0 saturated heterocycles. The summed E-state index contributed by atoms with van der Waals surface area (Å²) in [4.78, 5) is 20.4. The first kappa shape index (κ1) is 19.1. The first-order valence-corrected chi connectivity index (χ1v) is 3.92. The van der Waals surface area contributed by atoms with Crippen molar-refractivity contribution < 1.29 is 19.8 Å². The fourth-order valence-electron chi connectivity index (χ4n) is 0.676. The van der Waals surface area contributed by atoms with Crippen molar-refractivity contribution in [2.24, 2.45) is 11.8 Å². The normalized spacial score (nSPS) is 8.46. The minimum absolute atomic E-state index is 0. The van der Waals surface area contributed by atoms with Gasteiger partial charge in [0.1, 0.15) is 0 Å². The first-order valence-electron chi connectivity index (χ1n) is 3.92. The van der Waals surface area contributed by atoms with Crippen molar-refractivity contribution in [3.63, 3.8) is 0 Å². The van der Waals surface area contributed by atoms with Crippen LogP contribution in [0.25, 0.3) is 0 Å². The van der Waals surface area contributed by atoms with Crippen molar-refractivity contribution in [1.29, 1.82) is 0 Å². The van der Waals surface area contributed by atoms with E-state index in [2.05, 4.69) is 0 Å². The Hall–Kier alpha value is 0.511. The number of hydrogen-bond acceptors (Lipinski definition) is 2. The average molecular weight is 316 g/mol. The van der Waals surface area contributed by atoms with Crippen molar-refractivity contribution in [2.45, 2.75) is 27.7 Å². The first-order chi connectivity index (χ1) is 5.46. The van der Waals surface area contributed by atoms with Gasteiger partial charge >= 0.3 is 60.8 Å². The van der Waals surface area contributed by atoms with Crippen LogP contribution in [-0.4, -0.2) is 71.0 Å². The van der Waals surface area contributed by atoms with E-state index in [9.17, 15) is 9.59 Å². The van der Waals surface area contributed by atoms with Gasteiger partial charge in [-0.25, -0.2) is 0 Å². The summed E-state index contributed by atoms with van der Waals surface area (Å²) in [6, 6.07) is 0. The van der Waals surface area contributed by atoms with E-state index in [-0.39, 0.29) is 54.8 Å². The van der Waals surface area contributed by atoms with Crippen LogP contribution in [0.5, 0.6) is 0 Å². The molecule has 0 heterocycles. The fraction of sp³-hybridized carbons (Fsp3) is 0.750. The van der Waals surface area contributed by atoms with Crippen molar-refractivity contribution >= 4 is 60.8 Å². The second kappa shape index (κ2) is 10.6. The van der Waals surface area contributed by atoms with Crippen LogP contribution in [0.4, 0.5) is 0 Å². The van der Waals surface area contributed by atoms with Crippen LogP contribution >= 0.6 is 0 Å². The molecule has 0 aliphatic carbocycles. The van der Waals surface area contributed by atoms with Gasteiger partial charge < -0.3 is 10.2 Å². The number of carboxylic acid groups (broad SMARTS) is 2. The standard InChI is InChI=1S/C6H10O4.C2H6.Ba.2H/c1-3(2)4(5(7)8)6(9)10;1-2;;;/h3-4H,1-2H3,(H,7,8)(H,9,10);1-2H3;;;.